The third kappa shape index (κ3) is 5.11. The van der Waals surface area contributed by atoms with E-state index in [9.17, 15) is 9.59 Å². The van der Waals surface area contributed by atoms with E-state index in [1.807, 2.05) is 30.3 Å². The van der Waals surface area contributed by atoms with Gasteiger partial charge in [-0.1, -0.05) is 48.5 Å². The van der Waals surface area contributed by atoms with Crippen LogP contribution in [0.4, 0.5) is 5.69 Å². The molecule has 1 N–H and O–H groups in total. The van der Waals surface area contributed by atoms with Crippen LogP contribution in [0.1, 0.15) is 26.3 Å². The summed E-state index contributed by atoms with van der Waals surface area (Å²) in [6.07, 6.45) is 3.24. The highest BCUT2D eigenvalue weighted by Crippen LogP contribution is 2.28. The second-order valence-electron chi connectivity index (χ2n) is 6.21. The highest BCUT2D eigenvalue weighted by molar-refractivity contribution is 6.07. The number of hydrogen-bond acceptors (Lipinski definition) is 4. The minimum absolute atomic E-state index is 0.0784. The minimum Gasteiger partial charge on any atom is -0.493 e. The van der Waals surface area contributed by atoms with Gasteiger partial charge in [-0.2, -0.15) is 0 Å². The van der Waals surface area contributed by atoms with Gasteiger partial charge in [0.15, 0.2) is 17.3 Å². The number of nitrogens with one attached hydrogen (secondary N) is 1. The minimum atomic E-state index is -0.271. The van der Waals surface area contributed by atoms with Crippen LogP contribution in [-0.4, -0.2) is 25.9 Å². The molecule has 3 aromatic carbocycles. The monoisotopic (exact) mass is 387 g/mol. The predicted octanol–water partition coefficient (Wildman–Crippen LogP) is 4.85. The molecule has 0 saturated heterocycles. The second kappa shape index (κ2) is 9.37. The van der Waals surface area contributed by atoms with Gasteiger partial charge in [0.1, 0.15) is 0 Å². The molecule has 1 amide bonds. The summed E-state index contributed by atoms with van der Waals surface area (Å²) in [5.41, 5.74) is 2.50. The van der Waals surface area contributed by atoms with Crippen LogP contribution in [0.15, 0.2) is 78.9 Å². The molecule has 5 heteroatoms. The van der Waals surface area contributed by atoms with Crippen molar-refractivity contribution in [3.05, 3.63) is 95.6 Å². The van der Waals surface area contributed by atoms with Crippen molar-refractivity contribution in [2.24, 2.45) is 0 Å². The average Bonchev–Trinajstić information content (AvgIpc) is 2.77. The summed E-state index contributed by atoms with van der Waals surface area (Å²) in [4.78, 5) is 24.8. The Kier molecular flexibility index (Phi) is 6.43. The first-order chi connectivity index (χ1) is 14.1. The van der Waals surface area contributed by atoms with E-state index in [4.69, 9.17) is 9.47 Å². The maximum Gasteiger partial charge on any atom is 0.255 e. The third-order valence-corrected chi connectivity index (χ3v) is 4.28. The molecule has 5 nitrogen and oxygen atoms in total. The zero-order chi connectivity index (χ0) is 20.6. The molecule has 0 aliphatic carbocycles. The Balaban J connectivity index is 1.72. The Bertz CT molecular complexity index is 1040. The van der Waals surface area contributed by atoms with Gasteiger partial charge in [0, 0.05) is 16.8 Å². The van der Waals surface area contributed by atoms with Gasteiger partial charge in [-0.25, -0.2) is 0 Å². The lowest BCUT2D eigenvalue weighted by Gasteiger charge is -2.10. The van der Waals surface area contributed by atoms with Gasteiger partial charge < -0.3 is 14.8 Å². The number of ketones is 1. The first-order valence-corrected chi connectivity index (χ1v) is 9.01. The fourth-order valence-electron chi connectivity index (χ4n) is 2.77. The number of anilines is 1. The molecule has 0 aromatic heterocycles. The molecule has 29 heavy (non-hydrogen) atoms. The second-order valence-corrected chi connectivity index (χ2v) is 6.21. The lowest BCUT2D eigenvalue weighted by molar-refractivity contribution is 0.102. The number of carbonyl (C=O) groups is 2. The largest absolute Gasteiger partial charge is 0.493 e. The number of benzene rings is 3. The molecule has 0 aliphatic heterocycles. The number of carbonyl (C=O) groups excluding carboxylic acids is 2. The maximum absolute atomic E-state index is 12.6. The third-order valence-electron chi connectivity index (χ3n) is 4.28. The molecule has 0 unspecified atom stereocenters. The van der Waals surface area contributed by atoms with Gasteiger partial charge in [0.05, 0.1) is 14.2 Å². The number of allylic oxidation sites excluding steroid dienone is 1. The van der Waals surface area contributed by atoms with Crippen molar-refractivity contribution in [1.82, 2.24) is 0 Å². The molecule has 0 radical (unpaired) electrons. The number of amides is 1. The van der Waals surface area contributed by atoms with Crippen LogP contribution in [0.5, 0.6) is 11.5 Å². The van der Waals surface area contributed by atoms with Crippen molar-refractivity contribution in [2.75, 3.05) is 19.5 Å². The number of hydrogen-bond donors (Lipinski definition) is 1. The molecular weight excluding hydrogens is 366 g/mol. The summed E-state index contributed by atoms with van der Waals surface area (Å²) in [5.74, 6) is 0.688. The van der Waals surface area contributed by atoms with E-state index in [-0.39, 0.29) is 11.7 Å². The Morgan fingerprint density at radius 3 is 2.28 bits per heavy atom. The summed E-state index contributed by atoms with van der Waals surface area (Å²) < 4.78 is 10.4. The zero-order valence-corrected chi connectivity index (χ0v) is 16.2. The van der Waals surface area contributed by atoms with Gasteiger partial charge in [0.25, 0.3) is 5.91 Å². The first-order valence-electron chi connectivity index (χ1n) is 9.01. The van der Waals surface area contributed by atoms with Crippen molar-refractivity contribution in [3.8, 4) is 11.5 Å². The van der Waals surface area contributed by atoms with Crippen molar-refractivity contribution >= 4 is 23.5 Å². The molecule has 0 spiro atoms. The lowest BCUT2D eigenvalue weighted by Crippen LogP contribution is -2.12. The van der Waals surface area contributed by atoms with Gasteiger partial charge in [0.2, 0.25) is 0 Å². The molecule has 0 bridgehead atoms. The van der Waals surface area contributed by atoms with Crippen LogP contribution in [0.2, 0.25) is 0 Å². The lowest BCUT2D eigenvalue weighted by atomic mass is 10.1. The van der Waals surface area contributed by atoms with E-state index in [1.165, 1.54) is 13.2 Å². The summed E-state index contributed by atoms with van der Waals surface area (Å²) in [6, 6.07) is 21.3. The summed E-state index contributed by atoms with van der Waals surface area (Å²) in [5, 5.41) is 2.85. The van der Waals surface area contributed by atoms with E-state index in [1.54, 1.807) is 55.7 Å². The Hall–Kier alpha value is -3.86. The summed E-state index contributed by atoms with van der Waals surface area (Å²) >= 11 is 0. The molecule has 3 rings (SSSR count). The summed E-state index contributed by atoms with van der Waals surface area (Å²) in [6.45, 7) is 0. The Morgan fingerprint density at radius 2 is 1.55 bits per heavy atom. The summed E-state index contributed by atoms with van der Waals surface area (Å²) in [7, 11) is 3.06. The van der Waals surface area contributed by atoms with Crippen LogP contribution in [0, 0.1) is 0 Å². The topological polar surface area (TPSA) is 64.6 Å². The van der Waals surface area contributed by atoms with Crippen LogP contribution < -0.4 is 14.8 Å². The van der Waals surface area contributed by atoms with Crippen molar-refractivity contribution in [3.63, 3.8) is 0 Å². The highest BCUT2D eigenvalue weighted by atomic mass is 16.5. The standard InChI is InChI=1S/C24H21NO4/c1-28-22-14-12-19(16-23(22)29-2)24(27)25-20-10-6-7-17(15-20)11-13-21(26)18-8-4-3-5-9-18/h3-16H,1-2H3,(H,25,27)/b13-11+. The van der Waals surface area contributed by atoms with Crippen molar-refractivity contribution in [2.45, 2.75) is 0 Å². The fourth-order valence-corrected chi connectivity index (χ4v) is 2.77. The molecule has 146 valence electrons. The molecule has 0 saturated carbocycles. The van der Waals surface area contributed by atoms with Gasteiger partial charge in [-0.3, -0.25) is 9.59 Å². The fraction of sp³-hybridized carbons (Fsp3) is 0.0833. The first kappa shape index (κ1) is 19.9. The Morgan fingerprint density at radius 1 is 0.793 bits per heavy atom. The van der Waals surface area contributed by atoms with E-state index in [0.717, 1.165) is 5.56 Å². The van der Waals surface area contributed by atoms with E-state index in [2.05, 4.69) is 5.32 Å². The molecule has 0 heterocycles. The average molecular weight is 387 g/mol. The highest BCUT2D eigenvalue weighted by Gasteiger charge is 2.11. The molecule has 0 aliphatic rings. The normalized spacial score (nSPS) is 10.6. The van der Waals surface area contributed by atoms with Crippen LogP contribution >= 0.6 is 0 Å². The van der Waals surface area contributed by atoms with E-state index >= 15 is 0 Å². The number of methoxy groups -OCH3 is 2. The predicted molar refractivity (Wildman–Crippen MR) is 114 cm³/mol. The van der Waals surface area contributed by atoms with Gasteiger partial charge in [-0.05, 0) is 42.0 Å². The Labute approximate surface area is 169 Å². The quantitative estimate of drug-likeness (QED) is 0.465. The molecular formula is C24H21NO4. The number of rotatable bonds is 7. The molecule has 0 atom stereocenters. The van der Waals surface area contributed by atoms with Crippen LogP contribution in [0.3, 0.4) is 0 Å². The van der Waals surface area contributed by atoms with Crippen LogP contribution in [0.25, 0.3) is 6.08 Å². The van der Waals surface area contributed by atoms with Crippen molar-refractivity contribution in [1.29, 1.82) is 0 Å². The smallest absolute Gasteiger partial charge is 0.255 e. The van der Waals surface area contributed by atoms with E-state index in [0.29, 0.717) is 28.3 Å². The van der Waals surface area contributed by atoms with Gasteiger partial charge >= 0.3 is 0 Å². The molecule has 0 fully saturated rings. The van der Waals surface area contributed by atoms with Crippen molar-refractivity contribution < 1.29 is 19.1 Å². The number of ether oxygens (including phenoxy) is 2. The zero-order valence-electron chi connectivity index (χ0n) is 16.2. The SMILES string of the molecule is COc1ccc(C(=O)Nc2cccc(/C=C/C(=O)c3ccccc3)c2)cc1OC. The van der Waals surface area contributed by atoms with E-state index < -0.39 is 0 Å². The van der Waals surface area contributed by atoms with Gasteiger partial charge in [-0.15, -0.1) is 0 Å². The van der Waals surface area contributed by atoms with Crippen LogP contribution in [-0.2, 0) is 0 Å². The maximum atomic E-state index is 12.6. The molecule has 3 aromatic rings.